The lowest BCUT2D eigenvalue weighted by Crippen LogP contribution is -2.34. The zero-order chi connectivity index (χ0) is 17.0. The van der Waals surface area contributed by atoms with E-state index in [2.05, 4.69) is 15.1 Å². The highest BCUT2D eigenvalue weighted by molar-refractivity contribution is 7.89. The molecule has 1 aliphatic rings. The van der Waals surface area contributed by atoms with Gasteiger partial charge in [0.25, 0.3) is 5.91 Å². The summed E-state index contributed by atoms with van der Waals surface area (Å²) < 4.78 is 26.0. The van der Waals surface area contributed by atoms with Crippen molar-refractivity contribution in [3.8, 4) is 0 Å². The Morgan fingerprint density at radius 3 is 2.48 bits per heavy atom. The van der Waals surface area contributed by atoms with Crippen LogP contribution >= 0.6 is 0 Å². The van der Waals surface area contributed by atoms with E-state index in [-0.39, 0.29) is 29.4 Å². The maximum Gasteiger partial charge on any atom is 0.271 e. The van der Waals surface area contributed by atoms with Gasteiger partial charge in [-0.15, -0.1) is 0 Å². The number of carbonyl (C=O) groups excluding carboxylic acids is 2. The fourth-order valence-electron chi connectivity index (χ4n) is 2.03. The molecule has 8 nitrogen and oxygen atoms in total. The van der Waals surface area contributed by atoms with Gasteiger partial charge in [-0.1, -0.05) is 6.92 Å². The molecule has 0 aromatic heterocycles. The minimum atomic E-state index is -3.52. The SMILES string of the molecule is CCNS(=O)(=O)c1ccc(NC(=O)C2=NN(C)C(=O)CC2)cc1. The van der Waals surface area contributed by atoms with Crippen molar-refractivity contribution in [2.45, 2.75) is 24.7 Å². The van der Waals surface area contributed by atoms with Crippen LogP contribution in [0.2, 0.25) is 0 Å². The first kappa shape index (κ1) is 17.1. The van der Waals surface area contributed by atoms with E-state index in [1.54, 1.807) is 6.92 Å². The van der Waals surface area contributed by atoms with Gasteiger partial charge in [-0.05, 0) is 24.3 Å². The molecule has 0 spiro atoms. The maximum absolute atomic E-state index is 12.1. The quantitative estimate of drug-likeness (QED) is 0.816. The fourth-order valence-corrected chi connectivity index (χ4v) is 3.07. The first-order valence-corrected chi connectivity index (χ1v) is 8.57. The molecule has 0 fully saturated rings. The van der Waals surface area contributed by atoms with E-state index in [1.807, 2.05) is 0 Å². The number of nitrogens with zero attached hydrogens (tertiary/aromatic N) is 2. The summed E-state index contributed by atoms with van der Waals surface area (Å²) in [5, 5.41) is 7.70. The van der Waals surface area contributed by atoms with Crippen molar-refractivity contribution >= 4 is 33.2 Å². The summed E-state index contributed by atoms with van der Waals surface area (Å²) in [6.07, 6.45) is 0.518. The van der Waals surface area contributed by atoms with E-state index in [0.717, 1.165) is 5.01 Å². The molecule has 1 aliphatic heterocycles. The Morgan fingerprint density at radius 2 is 1.91 bits per heavy atom. The molecule has 2 N–H and O–H groups in total. The molecule has 0 bridgehead atoms. The van der Waals surface area contributed by atoms with Crippen molar-refractivity contribution < 1.29 is 18.0 Å². The Bertz CT molecular complexity index is 741. The predicted molar refractivity (Wildman–Crippen MR) is 85.4 cm³/mol. The summed E-state index contributed by atoms with van der Waals surface area (Å²) in [6, 6.07) is 5.82. The van der Waals surface area contributed by atoms with Crippen LogP contribution in [0.25, 0.3) is 0 Å². The van der Waals surface area contributed by atoms with Crippen molar-refractivity contribution in [3.63, 3.8) is 0 Å². The van der Waals surface area contributed by atoms with Gasteiger partial charge in [0.1, 0.15) is 5.71 Å². The summed E-state index contributed by atoms with van der Waals surface area (Å²) in [5.41, 5.74) is 0.712. The Hall–Kier alpha value is -2.26. The van der Waals surface area contributed by atoms with Gasteiger partial charge in [-0.3, -0.25) is 9.59 Å². The van der Waals surface area contributed by atoms with E-state index < -0.39 is 15.9 Å². The summed E-state index contributed by atoms with van der Waals surface area (Å²) in [7, 11) is -2.02. The molecule has 2 rings (SSSR count). The third-order valence-electron chi connectivity index (χ3n) is 3.23. The molecular weight excluding hydrogens is 320 g/mol. The highest BCUT2D eigenvalue weighted by Gasteiger charge is 2.22. The highest BCUT2D eigenvalue weighted by atomic mass is 32.2. The lowest BCUT2D eigenvalue weighted by Gasteiger charge is -2.18. The predicted octanol–water partition coefficient (Wildman–Crippen LogP) is 0.531. The van der Waals surface area contributed by atoms with Gasteiger partial charge in [0.2, 0.25) is 15.9 Å². The third kappa shape index (κ3) is 4.14. The number of anilines is 1. The number of hydrogen-bond acceptors (Lipinski definition) is 5. The Kier molecular flexibility index (Phi) is 5.12. The molecule has 0 radical (unpaired) electrons. The zero-order valence-electron chi connectivity index (χ0n) is 12.9. The van der Waals surface area contributed by atoms with Gasteiger partial charge in [-0.25, -0.2) is 18.1 Å². The molecule has 0 unspecified atom stereocenters. The minimum absolute atomic E-state index is 0.123. The van der Waals surface area contributed by atoms with Crippen LogP contribution in [0.15, 0.2) is 34.3 Å². The van der Waals surface area contributed by atoms with Gasteiger partial charge in [-0.2, -0.15) is 5.10 Å². The Labute approximate surface area is 134 Å². The number of sulfonamides is 1. The molecule has 0 saturated carbocycles. The summed E-state index contributed by atoms with van der Waals surface area (Å²) in [4.78, 5) is 23.5. The molecule has 0 saturated heterocycles. The number of benzene rings is 1. The second kappa shape index (κ2) is 6.88. The van der Waals surface area contributed by atoms with Gasteiger partial charge in [0, 0.05) is 32.1 Å². The zero-order valence-corrected chi connectivity index (χ0v) is 13.7. The molecule has 1 aromatic rings. The number of carbonyl (C=O) groups is 2. The van der Waals surface area contributed by atoms with Gasteiger partial charge < -0.3 is 5.32 Å². The largest absolute Gasteiger partial charge is 0.321 e. The molecule has 0 aliphatic carbocycles. The van der Waals surface area contributed by atoms with E-state index in [0.29, 0.717) is 12.2 Å². The van der Waals surface area contributed by atoms with Crippen LogP contribution < -0.4 is 10.0 Å². The van der Waals surface area contributed by atoms with Crippen LogP contribution in [-0.4, -0.2) is 44.5 Å². The summed E-state index contributed by atoms with van der Waals surface area (Å²) >= 11 is 0. The van der Waals surface area contributed by atoms with Crippen LogP contribution in [0, 0.1) is 0 Å². The van der Waals surface area contributed by atoms with E-state index in [1.165, 1.54) is 31.3 Å². The van der Waals surface area contributed by atoms with Crippen molar-refractivity contribution in [1.29, 1.82) is 0 Å². The minimum Gasteiger partial charge on any atom is -0.321 e. The number of nitrogens with one attached hydrogen (secondary N) is 2. The molecule has 1 heterocycles. The van der Waals surface area contributed by atoms with Crippen molar-refractivity contribution in [2.24, 2.45) is 5.10 Å². The topological polar surface area (TPSA) is 108 Å². The smallest absolute Gasteiger partial charge is 0.271 e. The van der Waals surface area contributed by atoms with Crippen molar-refractivity contribution in [3.05, 3.63) is 24.3 Å². The average molecular weight is 338 g/mol. The van der Waals surface area contributed by atoms with E-state index >= 15 is 0 Å². The number of rotatable bonds is 5. The lowest BCUT2D eigenvalue weighted by atomic mass is 10.1. The molecular formula is C14H18N4O4S. The Balaban J connectivity index is 2.08. The van der Waals surface area contributed by atoms with Gasteiger partial charge in [0.05, 0.1) is 4.90 Å². The third-order valence-corrected chi connectivity index (χ3v) is 4.79. The number of amides is 2. The number of hydrazone groups is 1. The van der Waals surface area contributed by atoms with Crippen molar-refractivity contribution in [2.75, 3.05) is 18.9 Å². The van der Waals surface area contributed by atoms with Crippen LogP contribution in [0.4, 0.5) is 5.69 Å². The van der Waals surface area contributed by atoms with Crippen LogP contribution in [0.1, 0.15) is 19.8 Å². The first-order valence-electron chi connectivity index (χ1n) is 7.08. The molecule has 1 aromatic carbocycles. The normalized spacial score (nSPS) is 15.3. The van der Waals surface area contributed by atoms with E-state index in [9.17, 15) is 18.0 Å². The van der Waals surface area contributed by atoms with E-state index in [4.69, 9.17) is 0 Å². The molecule has 9 heteroatoms. The molecule has 2 amide bonds. The van der Waals surface area contributed by atoms with Crippen LogP contribution in [0.5, 0.6) is 0 Å². The average Bonchev–Trinajstić information content (AvgIpc) is 2.50. The van der Waals surface area contributed by atoms with Crippen LogP contribution in [-0.2, 0) is 19.6 Å². The standard InChI is InChI=1S/C14H18N4O4S/c1-3-15-23(21,22)11-6-4-10(5-7-11)16-14(20)12-8-9-13(19)18(2)17-12/h4-7,15H,3,8-9H2,1-2H3,(H,16,20). The maximum atomic E-state index is 12.1. The molecule has 0 atom stereocenters. The van der Waals surface area contributed by atoms with Crippen molar-refractivity contribution in [1.82, 2.24) is 9.73 Å². The highest BCUT2D eigenvalue weighted by Crippen LogP contribution is 2.15. The van der Waals surface area contributed by atoms with Gasteiger partial charge in [0.15, 0.2) is 0 Å². The molecule has 124 valence electrons. The number of hydrogen-bond donors (Lipinski definition) is 2. The second-order valence-electron chi connectivity index (χ2n) is 4.94. The summed E-state index contributed by atoms with van der Waals surface area (Å²) in [6.45, 7) is 1.99. The first-order chi connectivity index (χ1) is 10.8. The van der Waals surface area contributed by atoms with Crippen LogP contribution in [0.3, 0.4) is 0 Å². The molecule has 23 heavy (non-hydrogen) atoms. The fraction of sp³-hybridized carbons (Fsp3) is 0.357. The lowest BCUT2D eigenvalue weighted by molar-refractivity contribution is -0.130. The monoisotopic (exact) mass is 338 g/mol. The second-order valence-corrected chi connectivity index (χ2v) is 6.71. The Morgan fingerprint density at radius 1 is 1.26 bits per heavy atom. The summed E-state index contributed by atoms with van der Waals surface area (Å²) in [5.74, 6) is -0.550. The van der Waals surface area contributed by atoms with Gasteiger partial charge >= 0.3 is 0 Å².